The van der Waals surface area contributed by atoms with Crippen molar-refractivity contribution in [3.8, 4) is 17.6 Å². The van der Waals surface area contributed by atoms with E-state index in [4.69, 9.17) is 4.74 Å². The molecule has 1 fully saturated rings. The molecule has 2 heterocycles. The van der Waals surface area contributed by atoms with Crippen molar-refractivity contribution in [3.63, 3.8) is 0 Å². The number of methoxy groups -OCH3 is 1. The number of aromatic nitrogens is 1. The van der Waals surface area contributed by atoms with Crippen LogP contribution in [0.1, 0.15) is 55.0 Å². The third-order valence-electron chi connectivity index (χ3n) is 7.40. The van der Waals surface area contributed by atoms with Crippen LogP contribution in [0.2, 0.25) is 0 Å². The van der Waals surface area contributed by atoms with Gasteiger partial charge in [0.1, 0.15) is 11.9 Å². The Kier molecular flexibility index (Phi) is 9.14. The highest BCUT2D eigenvalue weighted by atomic mass is 19.1. The lowest BCUT2D eigenvalue weighted by Crippen LogP contribution is -2.41. The number of piperidine rings is 1. The van der Waals surface area contributed by atoms with Crippen LogP contribution in [0.25, 0.3) is 10.9 Å². The maximum Gasteiger partial charge on any atom is 0.303 e. The molecular weight excluding hydrogens is 467 g/mol. The van der Waals surface area contributed by atoms with Gasteiger partial charge in [-0.25, -0.2) is 4.39 Å². The molecule has 3 aromatic rings. The van der Waals surface area contributed by atoms with Crippen LogP contribution in [-0.2, 0) is 4.79 Å². The first-order valence-corrected chi connectivity index (χ1v) is 13.0. The monoisotopic (exact) mass is 502 g/mol. The molecule has 1 saturated heterocycles. The number of hydrogen-bond acceptors (Lipinski definition) is 4. The molecule has 1 aliphatic heterocycles. The summed E-state index contributed by atoms with van der Waals surface area (Å²) in [5, 5.41) is 10.1. The summed E-state index contributed by atoms with van der Waals surface area (Å²) in [7, 11) is 1.60. The highest BCUT2D eigenvalue weighted by molar-refractivity contribution is 5.83. The third-order valence-corrected chi connectivity index (χ3v) is 7.40. The predicted octanol–water partition coefficient (Wildman–Crippen LogP) is 6.20. The summed E-state index contributed by atoms with van der Waals surface area (Å²) in [5.74, 6) is 6.91. The minimum Gasteiger partial charge on any atom is -0.497 e. The largest absolute Gasteiger partial charge is 0.497 e. The number of aryl methyl sites for hydroxylation is 1. The van der Waals surface area contributed by atoms with Gasteiger partial charge in [-0.3, -0.25) is 14.7 Å². The van der Waals surface area contributed by atoms with Crippen LogP contribution in [0.4, 0.5) is 4.39 Å². The van der Waals surface area contributed by atoms with Crippen LogP contribution < -0.4 is 4.74 Å². The van der Waals surface area contributed by atoms with E-state index in [0.29, 0.717) is 36.6 Å². The highest BCUT2D eigenvalue weighted by Crippen LogP contribution is 2.36. The molecule has 0 saturated carbocycles. The van der Waals surface area contributed by atoms with Gasteiger partial charge in [-0.15, -0.1) is 0 Å². The van der Waals surface area contributed by atoms with Crippen LogP contribution in [0.3, 0.4) is 0 Å². The SMILES string of the molecule is COc1ccc2nccc(C(F)CC[C@@H]3CCN(CC#Cc4ccc(C)cc4)C[C@@H]3CCC(=O)O)c2c1. The second-order valence-corrected chi connectivity index (χ2v) is 9.97. The number of fused-ring (bicyclic) bond motifs is 1. The quantitative estimate of drug-likeness (QED) is 0.353. The molecule has 1 unspecified atom stereocenters. The minimum absolute atomic E-state index is 0.137. The van der Waals surface area contributed by atoms with Gasteiger partial charge >= 0.3 is 5.97 Å². The summed E-state index contributed by atoms with van der Waals surface area (Å²) in [6.45, 7) is 4.40. The molecular formula is C31H35FN2O3. The summed E-state index contributed by atoms with van der Waals surface area (Å²) in [4.78, 5) is 18.0. The first kappa shape index (κ1) is 26.6. The Labute approximate surface area is 218 Å². The van der Waals surface area contributed by atoms with Crippen LogP contribution in [0, 0.1) is 30.6 Å². The predicted molar refractivity (Wildman–Crippen MR) is 144 cm³/mol. The van der Waals surface area contributed by atoms with E-state index in [-0.39, 0.29) is 12.3 Å². The Morgan fingerprint density at radius 3 is 2.76 bits per heavy atom. The fourth-order valence-electron chi connectivity index (χ4n) is 5.27. The molecule has 0 radical (unpaired) electrons. The van der Waals surface area contributed by atoms with Crippen molar-refractivity contribution < 1.29 is 19.0 Å². The number of benzene rings is 2. The van der Waals surface area contributed by atoms with Crippen LogP contribution in [0.15, 0.2) is 54.7 Å². The zero-order chi connectivity index (χ0) is 26.2. The third kappa shape index (κ3) is 7.30. The second kappa shape index (κ2) is 12.7. The van der Waals surface area contributed by atoms with Crippen molar-refractivity contribution in [3.05, 3.63) is 71.4 Å². The number of aliphatic carboxylic acids is 1. The van der Waals surface area contributed by atoms with Crippen LogP contribution >= 0.6 is 0 Å². The standard InChI is InChI=1S/C31H35FN2O3/c1-22-5-7-23(8-6-22)4-3-18-34-19-16-24(25(21-34)10-14-31(35)36)9-12-29(32)27-15-17-33-30-13-11-26(37-2)20-28(27)30/h5-8,11,13,15,17,20,24-25,29H,9-10,12,14,16,18-19,21H2,1-2H3,(H,35,36)/t24-,25+,29?/m1/s1. The lowest BCUT2D eigenvalue weighted by Gasteiger charge is -2.38. The van der Waals surface area contributed by atoms with E-state index in [1.807, 2.05) is 30.3 Å². The molecule has 6 heteroatoms. The average molecular weight is 503 g/mol. The Balaban J connectivity index is 1.39. The lowest BCUT2D eigenvalue weighted by molar-refractivity contribution is -0.137. The fourth-order valence-corrected chi connectivity index (χ4v) is 5.27. The van der Waals surface area contributed by atoms with Crippen LogP contribution in [-0.4, -0.2) is 47.7 Å². The van der Waals surface area contributed by atoms with Crippen molar-refractivity contribution in [2.75, 3.05) is 26.7 Å². The number of nitrogens with zero attached hydrogens (tertiary/aromatic N) is 2. The number of carboxylic acids is 1. The molecule has 0 aliphatic carbocycles. The molecule has 194 valence electrons. The Bertz CT molecular complexity index is 1260. The van der Waals surface area contributed by atoms with Crippen molar-refractivity contribution in [1.29, 1.82) is 0 Å². The molecule has 37 heavy (non-hydrogen) atoms. The number of pyridine rings is 1. The van der Waals surface area contributed by atoms with E-state index < -0.39 is 12.1 Å². The first-order chi connectivity index (χ1) is 17.9. The normalized spacial score (nSPS) is 18.7. The molecule has 0 amide bonds. The molecule has 1 aromatic heterocycles. The van der Waals surface area contributed by atoms with Gasteiger partial charge in [0, 0.05) is 30.1 Å². The molecule has 0 bridgehead atoms. The molecule has 5 nitrogen and oxygen atoms in total. The summed E-state index contributed by atoms with van der Waals surface area (Å²) in [5.41, 5.74) is 3.59. The van der Waals surface area contributed by atoms with Gasteiger partial charge in [0.15, 0.2) is 0 Å². The van der Waals surface area contributed by atoms with E-state index in [1.54, 1.807) is 19.4 Å². The van der Waals surface area contributed by atoms with E-state index in [0.717, 1.165) is 42.4 Å². The number of alkyl halides is 1. The number of carboxylic acid groups (broad SMARTS) is 1. The minimum atomic E-state index is -1.11. The molecule has 0 spiro atoms. The van der Waals surface area contributed by atoms with Gasteiger partial charge in [-0.2, -0.15) is 0 Å². The highest BCUT2D eigenvalue weighted by Gasteiger charge is 2.30. The van der Waals surface area contributed by atoms with E-state index in [1.165, 1.54) is 5.56 Å². The fraction of sp³-hybridized carbons (Fsp3) is 0.419. The van der Waals surface area contributed by atoms with Gasteiger partial charge in [-0.05, 0) is 92.9 Å². The number of likely N-dealkylation sites (tertiary alicyclic amines) is 1. The van der Waals surface area contributed by atoms with Gasteiger partial charge in [0.05, 0.1) is 19.2 Å². The van der Waals surface area contributed by atoms with Crippen molar-refractivity contribution in [2.45, 2.75) is 45.2 Å². The Hall–Kier alpha value is -3.43. The maximum atomic E-state index is 15.5. The van der Waals surface area contributed by atoms with Gasteiger partial charge in [0.2, 0.25) is 0 Å². The van der Waals surface area contributed by atoms with Crippen molar-refractivity contribution >= 4 is 16.9 Å². The number of hydrogen-bond donors (Lipinski definition) is 1. The average Bonchev–Trinajstić information content (AvgIpc) is 2.91. The molecule has 4 rings (SSSR count). The van der Waals surface area contributed by atoms with Gasteiger partial charge in [0.25, 0.3) is 0 Å². The summed E-state index contributed by atoms with van der Waals surface area (Å²) < 4.78 is 20.9. The van der Waals surface area contributed by atoms with E-state index in [9.17, 15) is 9.90 Å². The summed E-state index contributed by atoms with van der Waals surface area (Å²) in [6.07, 6.45) is 3.33. The summed E-state index contributed by atoms with van der Waals surface area (Å²) in [6, 6.07) is 15.4. The zero-order valence-electron chi connectivity index (χ0n) is 21.6. The number of halogens is 1. The zero-order valence-corrected chi connectivity index (χ0v) is 21.6. The smallest absolute Gasteiger partial charge is 0.303 e. The van der Waals surface area contributed by atoms with Gasteiger partial charge < -0.3 is 9.84 Å². The Morgan fingerprint density at radius 2 is 2.00 bits per heavy atom. The van der Waals surface area contributed by atoms with E-state index >= 15 is 4.39 Å². The number of carbonyl (C=O) groups is 1. The first-order valence-electron chi connectivity index (χ1n) is 13.0. The van der Waals surface area contributed by atoms with Crippen molar-refractivity contribution in [1.82, 2.24) is 9.88 Å². The number of ether oxygens (including phenoxy) is 1. The topological polar surface area (TPSA) is 62.7 Å². The molecule has 1 N–H and O–H groups in total. The Morgan fingerprint density at radius 1 is 1.19 bits per heavy atom. The lowest BCUT2D eigenvalue weighted by atomic mass is 9.79. The molecule has 1 aliphatic rings. The van der Waals surface area contributed by atoms with Crippen molar-refractivity contribution in [2.24, 2.45) is 11.8 Å². The van der Waals surface area contributed by atoms with Gasteiger partial charge in [-0.1, -0.05) is 29.5 Å². The number of rotatable bonds is 9. The molecule has 3 atom stereocenters. The molecule has 2 aromatic carbocycles. The maximum absolute atomic E-state index is 15.5. The van der Waals surface area contributed by atoms with E-state index in [2.05, 4.69) is 40.8 Å². The second-order valence-electron chi connectivity index (χ2n) is 9.97. The summed E-state index contributed by atoms with van der Waals surface area (Å²) >= 11 is 0. The van der Waals surface area contributed by atoms with Crippen LogP contribution in [0.5, 0.6) is 5.75 Å².